The minimum atomic E-state index is -0.0505. The van der Waals surface area contributed by atoms with Crippen LogP contribution in [0.5, 0.6) is 0 Å². The molecule has 0 bridgehead atoms. The largest absolute Gasteiger partial charge is 0.378 e. The molecule has 1 amide bonds. The molecule has 0 spiro atoms. The van der Waals surface area contributed by atoms with Crippen molar-refractivity contribution in [3.63, 3.8) is 0 Å². The van der Waals surface area contributed by atoms with Crippen molar-refractivity contribution >= 4 is 27.5 Å². The van der Waals surface area contributed by atoms with Crippen molar-refractivity contribution in [3.05, 3.63) is 63.6 Å². The zero-order valence-corrected chi connectivity index (χ0v) is 14.1. The Morgan fingerprint density at radius 1 is 1.14 bits per heavy atom. The van der Waals surface area contributed by atoms with Gasteiger partial charge in [0.05, 0.1) is 0 Å². The van der Waals surface area contributed by atoms with Gasteiger partial charge in [0.25, 0.3) is 5.91 Å². The fraction of sp³-hybridized carbons (Fsp3) is 0.235. The first-order valence-electron chi connectivity index (χ1n) is 6.78. The fourth-order valence-corrected chi connectivity index (χ4v) is 2.41. The maximum Gasteiger partial charge on any atom is 0.251 e. The summed E-state index contributed by atoms with van der Waals surface area (Å²) in [7, 11) is 4.01. The van der Waals surface area contributed by atoms with Gasteiger partial charge in [0.2, 0.25) is 0 Å². The molecule has 110 valence electrons. The van der Waals surface area contributed by atoms with E-state index >= 15 is 0 Å². The normalized spacial score (nSPS) is 10.3. The van der Waals surface area contributed by atoms with Gasteiger partial charge in [-0.25, -0.2) is 0 Å². The molecule has 0 aromatic heterocycles. The minimum Gasteiger partial charge on any atom is -0.378 e. The number of nitrogens with one attached hydrogen (secondary N) is 1. The molecule has 0 heterocycles. The second-order valence-electron chi connectivity index (χ2n) is 5.16. The van der Waals surface area contributed by atoms with Crippen LogP contribution < -0.4 is 10.2 Å². The van der Waals surface area contributed by atoms with Gasteiger partial charge in [-0.15, -0.1) is 0 Å². The second kappa shape index (κ2) is 6.76. The van der Waals surface area contributed by atoms with Crippen LogP contribution in [0.25, 0.3) is 0 Å². The van der Waals surface area contributed by atoms with Gasteiger partial charge in [-0.2, -0.15) is 0 Å². The minimum absolute atomic E-state index is 0.0505. The van der Waals surface area contributed by atoms with E-state index < -0.39 is 0 Å². The summed E-state index contributed by atoms with van der Waals surface area (Å²) in [6.07, 6.45) is 0. The number of amides is 1. The molecular weight excluding hydrogens is 328 g/mol. The highest BCUT2D eigenvalue weighted by Crippen LogP contribution is 2.19. The molecule has 0 aliphatic rings. The molecule has 4 heteroatoms. The van der Waals surface area contributed by atoms with Gasteiger partial charge in [-0.05, 0) is 42.3 Å². The van der Waals surface area contributed by atoms with E-state index in [4.69, 9.17) is 0 Å². The summed E-state index contributed by atoms with van der Waals surface area (Å²) in [4.78, 5) is 14.3. The number of halogens is 1. The average Bonchev–Trinajstić information content (AvgIpc) is 2.48. The van der Waals surface area contributed by atoms with Crippen LogP contribution in [0.4, 0.5) is 5.69 Å². The smallest absolute Gasteiger partial charge is 0.251 e. The Balaban J connectivity index is 2.02. The van der Waals surface area contributed by atoms with E-state index in [-0.39, 0.29) is 5.91 Å². The van der Waals surface area contributed by atoms with Crippen molar-refractivity contribution in [3.8, 4) is 0 Å². The van der Waals surface area contributed by atoms with Crippen molar-refractivity contribution in [2.75, 3.05) is 19.0 Å². The number of rotatable bonds is 4. The molecule has 0 fully saturated rings. The number of hydrogen-bond acceptors (Lipinski definition) is 2. The molecule has 0 unspecified atom stereocenters. The van der Waals surface area contributed by atoms with Gasteiger partial charge >= 0.3 is 0 Å². The molecule has 0 atom stereocenters. The maximum atomic E-state index is 12.2. The van der Waals surface area contributed by atoms with Crippen molar-refractivity contribution < 1.29 is 4.79 Å². The molecule has 0 aliphatic heterocycles. The van der Waals surface area contributed by atoms with Crippen molar-refractivity contribution in [2.45, 2.75) is 13.5 Å². The van der Waals surface area contributed by atoms with E-state index in [2.05, 4.69) is 21.2 Å². The van der Waals surface area contributed by atoms with Gasteiger partial charge in [0, 0.05) is 36.4 Å². The number of benzene rings is 2. The molecular formula is C17H19BrN2O. The van der Waals surface area contributed by atoms with Crippen molar-refractivity contribution in [2.24, 2.45) is 0 Å². The number of carbonyl (C=O) groups is 1. The summed E-state index contributed by atoms with van der Waals surface area (Å²) in [5, 5.41) is 2.96. The second-order valence-corrected chi connectivity index (χ2v) is 6.01. The summed E-state index contributed by atoms with van der Waals surface area (Å²) in [5.74, 6) is -0.0505. The van der Waals surface area contributed by atoms with Crippen molar-refractivity contribution in [1.82, 2.24) is 5.32 Å². The SMILES string of the molecule is Cc1c(Br)cccc1C(=O)NCc1ccc(N(C)C)cc1. The first kappa shape index (κ1) is 15.6. The van der Waals surface area contributed by atoms with E-state index in [9.17, 15) is 4.79 Å². The number of nitrogens with zero attached hydrogens (tertiary/aromatic N) is 1. The number of carbonyl (C=O) groups excluding carboxylic acids is 1. The molecule has 2 aromatic rings. The van der Waals surface area contributed by atoms with Gasteiger partial charge in [-0.1, -0.05) is 34.1 Å². The number of anilines is 1. The van der Waals surface area contributed by atoms with E-state index in [1.54, 1.807) is 0 Å². The lowest BCUT2D eigenvalue weighted by molar-refractivity contribution is 0.0950. The Kier molecular flexibility index (Phi) is 5.02. The quantitative estimate of drug-likeness (QED) is 0.914. The lowest BCUT2D eigenvalue weighted by atomic mass is 10.1. The van der Waals surface area contributed by atoms with Crippen LogP contribution in [0.3, 0.4) is 0 Å². The van der Waals surface area contributed by atoms with Crippen LogP contribution in [0.2, 0.25) is 0 Å². The van der Waals surface area contributed by atoms with E-state index in [0.29, 0.717) is 12.1 Å². The Hall–Kier alpha value is -1.81. The van der Waals surface area contributed by atoms with Crippen LogP contribution in [-0.2, 0) is 6.54 Å². The van der Waals surface area contributed by atoms with E-state index in [1.165, 1.54) is 0 Å². The van der Waals surface area contributed by atoms with Crippen LogP contribution in [0.15, 0.2) is 46.9 Å². The van der Waals surface area contributed by atoms with Crippen LogP contribution in [-0.4, -0.2) is 20.0 Å². The Morgan fingerprint density at radius 3 is 2.43 bits per heavy atom. The van der Waals surface area contributed by atoms with E-state index in [0.717, 1.165) is 21.3 Å². The summed E-state index contributed by atoms with van der Waals surface area (Å²) in [6.45, 7) is 2.46. The molecule has 0 aliphatic carbocycles. The monoisotopic (exact) mass is 346 g/mol. The van der Waals surface area contributed by atoms with Gasteiger partial charge < -0.3 is 10.2 Å². The first-order valence-corrected chi connectivity index (χ1v) is 7.58. The highest BCUT2D eigenvalue weighted by molar-refractivity contribution is 9.10. The predicted octanol–water partition coefficient (Wildman–Crippen LogP) is 3.75. The van der Waals surface area contributed by atoms with Crippen LogP contribution in [0.1, 0.15) is 21.5 Å². The first-order chi connectivity index (χ1) is 9.99. The molecule has 1 N–H and O–H groups in total. The van der Waals surface area contributed by atoms with Crippen molar-refractivity contribution in [1.29, 1.82) is 0 Å². The standard InChI is InChI=1S/C17H19BrN2O/c1-12-15(5-4-6-16(12)18)17(21)19-11-13-7-9-14(10-8-13)20(2)3/h4-10H,11H2,1-3H3,(H,19,21). The summed E-state index contributed by atoms with van der Waals surface area (Å²) in [6, 6.07) is 13.8. The topological polar surface area (TPSA) is 32.3 Å². The third-order valence-corrected chi connectivity index (χ3v) is 4.28. The molecule has 0 saturated heterocycles. The lowest BCUT2D eigenvalue weighted by Crippen LogP contribution is -2.23. The molecule has 3 nitrogen and oxygen atoms in total. The van der Waals surface area contributed by atoms with Gasteiger partial charge in [0.15, 0.2) is 0 Å². The zero-order chi connectivity index (χ0) is 15.4. The third kappa shape index (κ3) is 3.85. The Labute approximate surface area is 134 Å². The average molecular weight is 347 g/mol. The molecule has 2 aromatic carbocycles. The Morgan fingerprint density at radius 2 is 1.81 bits per heavy atom. The van der Waals surface area contributed by atoms with E-state index in [1.807, 2.05) is 68.4 Å². The lowest BCUT2D eigenvalue weighted by Gasteiger charge is -2.13. The highest BCUT2D eigenvalue weighted by atomic mass is 79.9. The third-order valence-electron chi connectivity index (χ3n) is 3.42. The predicted molar refractivity (Wildman–Crippen MR) is 90.8 cm³/mol. The fourth-order valence-electron chi connectivity index (χ4n) is 2.04. The van der Waals surface area contributed by atoms with Crippen LogP contribution in [0, 0.1) is 6.92 Å². The summed E-state index contributed by atoms with van der Waals surface area (Å²) < 4.78 is 0.950. The van der Waals surface area contributed by atoms with Crippen LogP contribution >= 0.6 is 15.9 Å². The zero-order valence-electron chi connectivity index (χ0n) is 12.5. The molecule has 2 rings (SSSR count). The summed E-state index contributed by atoms with van der Waals surface area (Å²) >= 11 is 3.45. The molecule has 0 saturated carbocycles. The summed E-state index contributed by atoms with van der Waals surface area (Å²) in [5.41, 5.74) is 3.89. The highest BCUT2D eigenvalue weighted by Gasteiger charge is 2.10. The molecule has 0 radical (unpaired) electrons. The van der Waals surface area contributed by atoms with Gasteiger partial charge in [-0.3, -0.25) is 4.79 Å². The maximum absolute atomic E-state index is 12.2. The van der Waals surface area contributed by atoms with Gasteiger partial charge in [0.1, 0.15) is 0 Å². The Bertz CT molecular complexity index is 636. The molecule has 21 heavy (non-hydrogen) atoms. The number of hydrogen-bond donors (Lipinski definition) is 1.